The average molecular weight is 222 g/mol. The maximum atomic E-state index is 8.95. The summed E-state index contributed by atoms with van der Waals surface area (Å²) in [5.41, 5.74) is 1.90. The van der Waals surface area contributed by atoms with Crippen molar-refractivity contribution in [3.63, 3.8) is 0 Å². The van der Waals surface area contributed by atoms with E-state index in [1.807, 2.05) is 36.7 Å². The van der Waals surface area contributed by atoms with Gasteiger partial charge in [0.1, 0.15) is 0 Å². The highest BCUT2D eigenvalue weighted by Gasteiger charge is 2.01. The summed E-state index contributed by atoms with van der Waals surface area (Å²) >= 11 is 6.10. The molecule has 0 spiro atoms. The van der Waals surface area contributed by atoms with Crippen LogP contribution in [0.5, 0.6) is 0 Å². The summed E-state index contributed by atoms with van der Waals surface area (Å²) in [6.07, 6.45) is 3.99. The highest BCUT2D eigenvalue weighted by atomic mass is 35.5. The summed E-state index contributed by atoms with van der Waals surface area (Å²) in [4.78, 5) is 0. The van der Waals surface area contributed by atoms with E-state index in [9.17, 15) is 0 Å². The van der Waals surface area contributed by atoms with Crippen LogP contribution in [0.3, 0.4) is 0 Å². The molecular weight excluding hydrogens is 210 g/mol. The van der Waals surface area contributed by atoms with Gasteiger partial charge in [-0.05, 0) is 29.3 Å². The van der Waals surface area contributed by atoms with Gasteiger partial charge in [-0.1, -0.05) is 23.7 Å². The van der Waals surface area contributed by atoms with E-state index < -0.39 is 0 Å². The van der Waals surface area contributed by atoms with E-state index >= 15 is 0 Å². The van der Waals surface area contributed by atoms with Crippen LogP contribution in [0.1, 0.15) is 11.1 Å². The molecule has 0 saturated carbocycles. The SMILES string of the molecule is OCc1ccc(Cn2cccc2)c(Cl)c1. The Hall–Kier alpha value is -1.25. The van der Waals surface area contributed by atoms with Crippen LogP contribution in [-0.4, -0.2) is 9.67 Å². The number of halogens is 1. The third-order valence-electron chi connectivity index (χ3n) is 2.32. The molecule has 0 aliphatic heterocycles. The Morgan fingerprint density at radius 2 is 1.93 bits per heavy atom. The maximum Gasteiger partial charge on any atom is 0.0682 e. The topological polar surface area (TPSA) is 25.2 Å². The first-order chi connectivity index (χ1) is 7.29. The summed E-state index contributed by atoms with van der Waals surface area (Å²) in [7, 11) is 0. The summed E-state index contributed by atoms with van der Waals surface area (Å²) < 4.78 is 2.06. The van der Waals surface area contributed by atoms with Gasteiger partial charge in [0, 0.05) is 24.0 Å². The lowest BCUT2D eigenvalue weighted by Crippen LogP contribution is -1.97. The van der Waals surface area contributed by atoms with Crippen molar-refractivity contribution in [2.24, 2.45) is 0 Å². The van der Waals surface area contributed by atoms with Crippen LogP contribution in [0.25, 0.3) is 0 Å². The number of nitrogens with zero attached hydrogens (tertiary/aromatic N) is 1. The molecule has 2 aromatic rings. The molecule has 15 heavy (non-hydrogen) atoms. The summed E-state index contributed by atoms with van der Waals surface area (Å²) in [5.74, 6) is 0. The Labute approximate surface area is 93.7 Å². The number of hydrogen-bond donors (Lipinski definition) is 1. The van der Waals surface area contributed by atoms with E-state index in [4.69, 9.17) is 16.7 Å². The van der Waals surface area contributed by atoms with Gasteiger partial charge in [0.15, 0.2) is 0 Å². The van der Waals surface area contributed by atoms with Gasteiger partial charge in [0.25, 0.3) is 0 Å². The van der Waals surface area contributed by atoms with Crippen molar-refractivity contribution in [2.75, 3.05) is 0 Å². The highest BCUT2D eigenvalue weighted by molar-refractivity contribution is 6.31. The van der Waals surface area contributed by atoms with E-state index in [1.54, 1.807) is 6.07 Å². The molecule has 0 radical (unpaired) electrons. The number of aliphatic hydroxyl groups excluding tert-OH is 1. The smallest absolute Gasteiger partial charge is 0.0682 e. The van der Waals surface area contributed by atoms with E-state index in [-0.39, 0.29) is 6.61 Å². The number of hydrogen-bond acceptors (Lipinski definition) is 1. The standard InChI is InChI=1S/C12H12ClNO/c13-12-7-10(9-15)3-4-11(12)8-14-5-1-2-6-14/h1-7,15H,8-9H2. The van der Waals surface area contributed by atoms with Gasteiger partial charge in [-0.15, -0.1) is 0 Å². The number of aliphatic hydroxyl groups is 1. The minimum atomic E-state index is 0.0313. The molecule has 2 nitrogen and oxygen atoms in total. The van der Waals surface area contributed by atoms with E-state index in [0.717, 1.165) is 17.7 Å². The van der Waals surface area contributed by atoms with Gasteiger partial charge < -0.3 is 9.67 Å². The van der Waals surface area contributed by atoms with Gasteiger partial charge in [0.2, 0.25) is 0 Å². The Balaban J connectivity index is 2.22. The van der Waals surface area contributed by atoms with Crippen molar-refractivity contribution in [1.29, 1.82) is 0 Å². The van der Waals surface area contributed by atoms with Crippen LogP contribution in [-0.2, 0) is 13.2 Å². The Morgan fingerprint density at radius 1 is 1.20 bits per heavy atom. The number of aromatic nitrogens is 1. The van der Waals surface area contributed by atoms with Crippen LogP contribution in [0.4, 0.5) is 0 Å². The molecule has 0 aliphatic rings. The minimum absolute atomic E-state index is 0.0313. The lowest BCUT2D eigenvalue weighted by atomic mass is 10.1. The first kappa shape index (κ1) is 10.3. The third kappa shape index (κ3) is 2.41. The summed E-state index contributed by atoms with van der Waals surface area (Å²) in [5, 5.41) is 9.65. The third-order valence-corrected chi connectivity index (χ3v) is 2.67. The zero-order chi connectivity index (χ0) is 10.7. The lowest BCUT2D eigenvalue weighted by molar-refractivity contribution is 0.282. The minimum Gasteiger partial charge on any atom is -0.392 e. The molecule has 0 fully saturated rings. The van der Waals surface area contributed by atoms with E-state index in [1.165, 1.54) is 0 Å². The van der Waals surface area contributed by atoms with Crippen molar-refractivity contribution in [2.45, 2.75) is 13.2 Å². The first-order valence-electron chi connectivity index (χ1n) is 4.78. The molecule has 0 bridgehead atoms. The molecule has 0 unspecified atom stereocenters. The predicted molar refractivity (Wildman–Crippen MR) is 60.9 cm³/mol. The Morgan fingerprint density at radius 3 is 2.53 bits per heavy atom. The van der Waals surface area contributed by atoms with Crippen LogP contribution < -0.4 is 0 Å². The molecule has 1 aromatic heterocycles. The molecule has 78 valence electrons. The molecular formula is C12H12ClNO. The van der Waals surface area contributed by atoms with Gasteiger partial charge in [0.05, 0.1) is 6.61 Å². The molecule has 0 aliphatic carbocycles. The Bertz CT molecular complexity index is 437. The molecule has 1 N–H and O–H groups in total. The maximum absolute atomic E-state index is 8.95. The lowest BCUT2D eigenvalue weighted by Gasteiger charge is -2.07. The van der Waals surface area contributed by atoms with Crippen LogP contribution in [0.2, 0.25) is 5.02 Å². The summed E-state index contributed by atoms with van der Waals surface area (Å²) in [6, 6.07) is 9.62. The number of benzene rings is 1. The van der Waals surface area contributed by atoms with Gasteiger partial charge in [-0.3, -0.25) is 0 Å². The summed E-state index contributed by atoms with van der Waals surface area (Å²) in [6.45, 7) is 0.793. The van der Waals surface area contributed by atoms with E-state index in [2.05, 4.69) is 4.57 Å². The van der Waals surface area contributed by atoms with Crippen molar-refractivity contribution in [1.82, 2.24) is 4.57 Å². The van der Waals surface area contributed by atoms with Crippen molar-refractivity contribution in [3.8, 4) is 0 Å². The van der Waals surface area contributed by atoms with Crippen LogP contribution in [0.15, 0.2) is 42.7 Å². The molecule has 1 aromatic carbocycles. The average Bonchev–Trinajstić information content (AvgIpc) is 2.74. The highest BCUT2D eigenvalue weighted by Crippen LogP contribution is 2.19. The first-order valence-corrected chi connectivity index (χ1v) is 5.16. The quantitative estimate of drug-likeness (QED) is 0.847. The second-order valence-corrected chi connectivity index (χ2v) is 3.85. The second-order valence-electron chi connectivity index (χ2n) is 3.44. The second kappa shape index (κ2) is 4.51. The fraction of sp³-hybridized carbons (Fsp3) is 0.167. The monoisotopic (exact) mass is 221 g/mol. The van der Waals surface area contributed by atoms with Crippen LogP contribution >= 0.6 is 11.6 Å². The normalized spacial score (nSPS) is 10.5. The molecule has 0 saturated heterocycles. The zero-order valence-electron chi connectivity index (χ0n) is 8.23. The zero-order valence-corrected chi connectivity index (χ0v) is 8.98. The largest absolute Gasteiger partial charge is 0.392 e. The molecule has 1 heterocycles. The van der Waals surface area contributed by atoms with Crippen molar-refractivity contribution < 1.29 is 5.11 Å². The van der Waals surface area contributed by atoms with Gasteiger partial charge in [-0.25, -0.2) is 0 Å². The van der Waals surface area contributed by atoms with Gasteiger partial charge in [-0.2, -0.15) is 0 Å². The van der Waals surface area contributed by atoms with E-state index in [0.29, 0.717) is 5.02 Å². The number of rotatable bonds is 3. The Kier molecular flexibility index (Phi) is 3.09. The van der Waals surface area contributed by atoms with Crippen molar-refractivity contribution >= 4 is 11.6 Å². The van der Waals surface area contributed by atoms with Crippen molar-refractivity contribution in [3.05, 3.63) is 58.9 Å². The van der Waals surface area contributed by atoms with Crippen LogP contribution in [0, 0.1) is 0 Å². The fourth-order valence-corrected chi connectivity index (χ4v) is 1.75. The fourth-order valence-electron chi connectivity index (χ4n) is 1.49. The molecule has 3 heteroatoms. The van der Waals surface area contributed by atoms with Gasteiger partial charge >= 0.3 is 0 Å². The molecule has 2 rings (SSSR count). The molecule has 0 amide bonds. The molecule has 0 atom stereocenters. The predicted octanol–water partition coefficient (Wildman–Crippen LogP) is 2.68.